The normalized spacial score (nSPS) is 21.9. The molecule has 2 fully saturated rings. The van der Waals surface area contributed by atoms with E-state index in [-0.39, 0.29) is 12.4 Å². The molecule has 0 radical (unpaired) electrons. The lowest BCUT2D eigenvalue weighted by molar-refractivity contribution is 0.194. The minimum absolute atomic E-state index is 0. The number of piperidine rings is 1. The summed E-state index contributed by atoms with van der Waals surface area (Å²) in [6, 6.07) is 6.30. The molecule has 2 saturated heterocycles. The molecule has 2 aliphatic rings. The van der Waals surface area contributed by atoms with Crippen LogP contribution in [0.25, 0.3) is 0 Å². The molecule has 0 bridgehead atoms. The van der Waals surface area contributed by atoms with E-state index in [1.807, 2.05) is 6.07 Å². The van der Waals surface area contributed by atoms with Gasteiger partial charge in [0.15, 0.2) is 0 Å². The Morgan fingerprint density at radius 1 is 1.25 bits per heavy atom. The Labute approximate surface area is 140 Å². The molecule has 0 saturated carbocycles. The van der Waals surface area contributed by atoms with E-state index in [1.54, 1.807) is 0 Å². The predicted octanol–water partition coefficient (Wildman–Crippen LogP) is 4.10. The smallest absolute Gasteiger partial charge is 0.0551 e. The first kappa shape index (κ1) is 16.6. The zero-order valence-corrected chi connectivity index (χ0v) is 14.7. The fraction of sp³-hybridized carbons (Fsp3) is 0.600. The number of hydrogen-bond donors (Lipinski definition) is 1. The molecule has 0 amide bonds. The predicted molar refractivity (Wildman–Crippen MR) is 90.8 cm³/mol. The van der Waals surface area contributed by atoms with Crippen molar-refractivity contribution in [3.05, 3.63) is 33.3 Å². The molecule has 2 nitrogen and oxygen atoms in total. The summed E-state index contributed by atoms with van der Waals surface area (Å²) in [7, 11) is 0. The van der Waals surface area contributed by atoms with Crippen LogP contribution in [0, 0.1) is 5.41 Å². The first-order valence-electron chi connectivity index (χ1n) is 7.04. The summed E-state index contributed by atoms with van der Waals surface area (Å²) in [4.78, 5) is 2.59. The van der Waals surface area contributed by atoms with Crippen LogP contribution in [0.4, 0.5) is 0 Å². The number of hydrogen-bond acceptors (Lipinski definition) is 2. The summed E-state index contributed by atoms with van der Waals surface area (Å²) in [5.41, 5.74) is 1.91. The van der Waals surface area contributed by atoms with E-state index in [2.05, 4.69) is 38.3 Å². The highest BCUT2D eigenvalue weighted by Crippen LogP contribution is 2.39. The average Bonchev–Trinajstić information content (AvgIpc) is 2.78. The van der Waals surface area contributed by atoms with Crippen LogP contribution in [-0.4, -0.2) is 31.1 Å². The zero-order chi connectivity index (χ0) is 13.3. The van der Waals surface area contributed by atoms with Crippen LogP contribution < -0.4 is 5.32 Å². The van der Waals surface area contributed by atoms with Crippen LogP contribution in [0.5, 0.6) is 0 Å². The summed E-state index contributed by atoms with van der Waals surface area (Å²) in [6.07, 6.45) is 4.04. The topological polar surface area (TPSA) is 15.3 Å². The summed E-state index contributed by atoms with van der Waals surface area (Å²) >= 11 is 9.61. The molecule has 1 aromatic carbocycles. The summed E-state index contributed by atoms with van der Waals surface area (Å²) in [6.45, 7) is 5.90. The molecule has 0 atom stereocenters. The number of halogens is 3. The quantitative estimate of drug-likeness (QED) is 0.831. The molecule has 3 rings (SSSR count). The van der Waals surface area contributed by atoms with E-state index in [9.17, 15) is 0 Å². The largest absolute Gasteiger partial charge is 0.317 e. The molecule has 0 aromatic heterocycles. The number of nitrogens with one attached hydrogen (secondary N) is 1. The van der Waals surface area contributed by atoms with Gasteiger partial charge in [-0.1, -0.05) is 17.7 Å². The maximum absolute atomic E-state index is 6.17. The first-order valence-corrected chi connectivity index (χ1v) is 8.21. The second kappa shape index (κ2) is 6.97. The lowest BCUT2D eigenvalue weighted by Gasteiger charge is -2.34. The number of nitrogens with zero attached hydrogens (tertiary/aromatic N) is 1. The van der Waals surface area contributed by atoms with Gasteiger partial charge in [0.05, 0.1) is 5.02 Å². The van der Waals surface area contributed by atoms with E-state index >= 15 is 0 Å². The standard InChI is InChI=1S/C15H20BrClN2.ClH/c16-13-2-1-12(9-14(13)17)10-19-8-5-15(11-19)3-6-18-7-4-15;/h1-2,9,18H,3-8,10-11H2;1H. The maximum atomic E-state index is 6.17. The molecule has 0 aliphatic carbocycles. The molecule has 112 valence electrons. The molecular weight excluding hydrogens is 359 g/mol. The number of rotatable bonds is 2. The van der Waals surface area contributed by atoms with Gasteiger partial charge in [-0.15, -0.1) is 12.4 Å². The first-order chi connectivity index (χ1) is 9.17. The lowest BCUT2D eigenvalue weighted by atomic mass is 9.78. The van der Waals surface area contributed by atoms with Crippen LogP contribution in [0.2, 0.25) is 5.02 Å². The van der Waals surface area contributed by atoms with Gasteiger partial charge in [-0.05, 0) is 77.9 Å². The molecule has 20 heavy (non-hydrogen) atoms. The second-order valence-corrected chi connectivity index (χ2v) is 7.22. The third-order valence-electron chi connectivity index (χ3n) is 4.57. The molecule has 0 unspecified atom stereocenters. The van der Waals surface area contributed by atoms with Crippen molar-refractivity contribution in [2.75, 3.05) is 26.2 Å². The third-order valence-corrected chi connectivity index (χ3v) is 5.80. The third kappa shape index (κ3) is 3.69. The Morgan fingerprint density at radius 2 is 2.00 bits per heavy atom. The second-order valence-electron chi connectivity index (χ2n) is 5.96. The Balaban J connectivity index is 0.00000147. The van der Waals surface area contributed by atoms with Crippen molar-refractivity contribution in [3.63, 3.8) is 0 Å². The Kier molecular flexibility index (Phi) is 5.78. The van der Waals surface area contributed by atoms with Gasteiger partial charge in [-0.25, -0.2) is 0 Å². The molecular formula is C15H21BrCl2N2. The zero-order valence-electron chi connectivity index (χ0n) is 11.5. The van der Waals surface area contributed by atoms with Gasteiger partial charge in [-0.2, -0.15) is 0 Å². The molecule has 1 aromatic rings. The van der Waals surface area contributed by atoms with Crippen molar-refractivity contribution in [3.8, 4) is 0 Å². The van der Waals surface area contributed by atoms with Gasteiger partial charge < -0.3 is 5.32 Å². The minimum atomic E-state index is 0. The van der Waals surface area contributed by atoms with E-state index in [4.69, 9.17) is 11.6 Å². The molecule has 2 aliphatic heterocycles. The molecule has 2 heterocycles. The summed E-state index contributed by atoms with van der Waals surface area (Å²) in [5.74, 6) is 0. The van der Waals surface area contributed by atoms with Crippen LogP contribution in [0.3, 0.4) is 0 Å². The average molecular weight is 380 g/mol. The van der Waals surface area contributed by atoms with Gasteiger partial charge in [0.1, 0.15) is 0 Å². The highest BCUT2D eigenvalue weighted by atomic mass is 79.9. The van der Waals surface area contributed by atoms with Crippen molar-refractivity contribution >= 4 is 39.9 Å². The van der Waals surface area contributed by atoms with Gasteiger partial charge in [-0.3, -0.25) is 4.90 Å². The molecule has 1 N–H and O–H groups in total. The van der Waals surface area contributed by atoms with Crippen LogP contribution in [0.15, 0.2) is 22.7 Å². The van der Waals surface area contributed by atoms with Gasteiger partial charge >= 0.3 is 0 Å². The molecule has 5 heteroatoms. The highest BCUT2D eigenvalue weighted by molar-refractivity contribution is 9.10. The van der Waals surface area contributed by atoms with E-state index in [1.165, 1.54) is 51.0 Å². The van der Waals surface area contributed by atoms with Gasteiger partial charge in [0.2, 0.25) is 0 Å². The van der Waals surface area contributed by atoms with Crippen LogP contribution in [-0.2, 0) is 6.54 Å². The maximum Gasteiger partial charge on any atom is 0.0551 e. The summed E-state index contributed by atoms with van der Waals surface area (Å²) in [5, 5.41) is 4.29. The van der Waals surface area contributed by atoms with Crippen molar-refractivity contribution < 1.29 is 0 Å². The molecule has 1 spiro atoms. The Morgan fingerprint density at radius 3 is 2.70 bits per heavy atom. The minimum Gasteiger partial charge on any atom is -0.317 e. The fourth-order valence-corrected chi connectivity index (χ4v) is 3.87. The van der Waals surface area contributed by atoms with Crippen LogP contribution >= 0.6 is 39.9 Å². The Bertz CT molecular complexity index is 461. The number of benzene rings is 1. The van der Waals surface area contributed by atoms with E-state index < -0.39 is 0 Å². The highest BCUT2D eigenvalue weighted by Gasteiger charge is 2.38. The van der Waals surface area contributed by atoms with E-state index in [0.717, 1.165) is 16.0 Å². The SMILES string of the molecule is Cl.Clc1cc(CN2CCC3(CCNCC3)C2)ccc1Br. The Hall–Kier alpha value is 0.200. The van der Waals surface area contributed by atoms with Crippen molar-refractivity contribution in [2.45, 2.75) is 25.8 Å². The monoisotopic (exact) mass is 378 g/mol. The van der Waals surface area contributed by atoms with Crippen LogP contribution in [0.1, 0.15) is 24.8 Å². The van der Waals surface area contributed by atoms with Crippen molar-refractivity contribution in [2.24, 2.45) is 5.41 Å². The summed E-state index contributed by atoms with van der Waals surface area (Å²) < 4.78 is 0.981. The number of likely N-dealkylation sites (tertiary alicyclic amines) is 1. The van der Waals surface area contributed by atoms with Crippen molar-refractivity contribution in [1.82, 2.24) is 10.2 Å². The van der Waals surface area contributed by atoms with Gasteiger partial charge in [0, 0.05) is 17.6 Å². The van der Waals surface area contributed by atoms with Gasteiger partial charge in [0.25, 0.3) is 0 Å². The lowest BCUT2D eigenvalue weighted by Crippen LogP contribution is -2.38. The fourth-order valence-electron chi connectivity index (χ4n) is 3.42. The van der Waals surface area contributed by atoms with E-state index in [0.29, 0.717) is 5.41 Å². The van der Waals surface area contributed by atoms with Crippen molar-refractivity contribution in [1.29, 1.82) is 0 Å².